The normalized spacial score (nSPS) is 11.1. The van der Waals surface area contributed by atoms with Crippen LogP contribution < -0.4 is 0 Å². The molecule has 2 heteroatoms. The fraction of sp³-hybridized carbons (Fsp3) is 0.188. The number of nitrogens with one attached hydrogen (secondary N) is 1. The average molecular weight is 236 g/mol. The molecule has 1 aromatic heterocycles. The van der Waals surface area contributed by atoms with Crippen molar-refractivity contribution >= 4 is 11.0 Å². The number of aromatic amines is 1. The molecule has 1 N–H and O–H groups in total. The number of rotatable bonds is 1. The second-order valence-electron chi connectivity index (χ2n) is 4.85. The van der Waals surface area contributed by atoms with E-state index in [2.05, 4.69) is 56.1 Å². The van der Waals surface area contributed by atoms with Crippen molar-refractivity contribution < 1.29 is 0 Å². The molecule has 18 heavy (non-hydrogen) atoms. The molecule has 90 valence electrons. The largest absolute Gasteiger partial charge is 0.338 e. The van der Waals surface area contributed by atoms with Crippen LogP contribution in [0.3, 0.4) is 0 Å². The highest BCUT2D eigenvalue weighted by molar-refractivity contribution is 5.81. The summed E-state index contributed by atoms with van der Waals surface area (Å²) in [5.74, 6) is 0.952. The van der Waals surface area contributed by atoms with Gasteiger partial charge in [-0.1, -0.05) is 24.3 Å². The molecule has 3 rings (SSSR count). The molecule has 0 atom stereocenters. The molecular formula is C16H16N2. The summed E-state index contributed by atoms with van der Waals surface area (Å²) in [6, 6.07) is 12.6. The fourth-order valence-corrected chi connectivity index (χ4v) is 2.24. The molecule has 0 aliphatic heterocycles. The van der Waals surface area contributed by atoms with Crippen LogP contribution in [0.1, 0.15) is 16.7 Å². The number of imidazole rings is 1. The van der Waals surface area contributed by atoms with Gasteiger partial charge in [-0.2, -0.15) is 0 Å². The highest BCUT2D eigenvalue weighted by atomic mass is 14.9. The molecular weight excluding hydrogens is 220 g/mol. The molecule has 2 nitrogen and oxygen atoms in total. The van der Waals surface area contributed by atoms with Crippen LogP contribution in [0.2, 0.25) is 0 Å². The van der Waals surface area contributed by atoms with Gasteiger partial charge in [0.25, 0.3) is 0 Å². The van der Waals surface area contributed by atoms with Gasteiger partial charge in [-0.15, -0.1) is 0 Å². The first-order valence-electron chi connectivity index (χ1n) is 6.18. The number of hydrogen-bond donors (Lipinski definition) is 1. The van der Waals surface area contributed by atoms with Gasteiger partial charge in [0.2, 0.25) is 0 Å². The van der Waals surface area contributed by atoms with Crippen molar-refractivity contribution in [2.75, 3.05) is 0 Å². The van der Waals surface area contributed by atoms with Crippen LogP contribution in [0.25, 0.3) is 22.4 Å². The van der Waals surface area contributed by atoms with Crippen LogP contribution in [0.5, 0.6) is 0 Å². The molecule has 0 unspecified atom stereocenters. The van der Waals surface area contributed by atoms with E-state index in [0.29, 0.717) is 0 Å². The maximum absolute atomic E-state index is 4.69. The lowest BCUT2D eigenvalue weighted by atomic mass is 10.1. The van der Waals surface area contributed by atoms with Gasteiger partial charge in [-0.05, 0) is 49.6 Å². The van der Waals surface area contributed by atoms with Gasteiger partial charge in [-0.3, -0.25) is 0 Å². The van der Waals surface area contributed by atoms with E-state index in [4.69, 9.17) is 4.98 Å². The van der Waals surface area contributed by atoms with E-state index in [1.165, 1.54) is 22.3 Å². The quantitative estimate of drug-likeness (QED) is 0.675. The summed E-state index contributed by atoms with van der Waals surface area (Å²) < 4.78 is 0. The standard InChI is InChI=1S/C16H16N2/c1-10-6-4-5-7-13(10)16-17-14-8-11(2)12(3)9-15(14)18-16/h4-9H,1-3H3,(H,17,18). The Hall–Kier alpha value is -2.09. The van der Waals surface area contributed by atoms with Crippen molar-refractivity contribution in [2.24, 2.45) is 0 Å². The van der Waals surface area contributed by atoms with Crippen molar-refractivity contribution in [3.05, 3.63) is 53.1 Å². The number of aryl methyl sites for hydroxylation is 3. The van der Waals surface area contributed by atoms with Gasteiger partial charge in [-0.25, -0.2) is 4.98 Å². The second-order valence-corrected chi connectivity index (χ2v) is 4.85. The number of fused-ring (bicyclic) bond motifs is 1. The number of aromatic nitrogens is 2. The van der Waals surface area contributed by atoms with Gasteiger partial charge in [0, 0.05) is 5.56 Å². The zero-order valence-electron chi connectivity index (χ0n) is 10.9. The van der Waals surface area contributed by atoms with E-state index in [0.717, 1.165) is 16.9 Å². The van der Waals surface area contributed by atoms with Gasteiger partial charge in [0.15, 0.2) is 0 Å². The summed E-state index contributed by atoms with van der Waals surface area (Å²) in [5.41, 5.74) is 7.13. The Morgan fingerprint density at radius 3 is 2.39 bits per heavy atom. The molecule has 0 fully saturated rings. The van der Waals surface area contributed by atoms with Crippen molar-refractivity contribution in [2.45, 2.75) is 20.8 Å². The summed E-state index contributed by atoms with van der Waals surface area (Å²) in [4.78, 5) is 8.10. The summed E-state index contributed by atoms with van der Waals surface area (Å²) in [7, 11) is 0. The highest BCUT2D eigenvalue weighted by Crippen LogP contribution is 2.24. The third-order valence-electron chi connectivity index (χ3n) is 3.50. The number of hydrogen-bond acceptors (Lipinski definition) is 1. The molecule has 0 saturated carbocycles. The molecule has 0 aliphatic carbocycles. The predicted molar refractivity (Wildman–Crippen MR) is 75.7 cm³/mol. The SMILES string of the molecule is Cc1cc2nc(-c3ccccc3C)[nH]c2cc1C. The lowest BCUT2D eigenvalue weighted by Crippen LogP contribution is -1.83. The van der Waals surface area contributed by atoms with Crippen molar-refractivity contribution in [1.82, 2.24) is 9.97 Å². The molecule has 0 amide bonds. The Morgan fingerprint density at radius 2 is 1.61 bits per heavy atom. The van der Waals surface area contributed by atoms with Crippen molar-refractivity contribution in [3.63, 3.8) is 0 Å². The first kappa shape index (κ1) is 11.0. The van der Waals surface area contributed by atoms with E-state index in [1.54, 1.807) is 0 Å². The molecule has 0 saturated heterocycles. The smallest absolute Gasteiger partial charge is 0.138 e. The van der Waals surface area contributed by atoms with Crippen LogP contribution in [0.15, 0.2) is 36.4 Å². The highest BCUT2D eigenvalue weighted by Gasteiger charge is 2.08. The molecule has 2 aromatic carbocycles. The first-order chi connectivity index (χ1) is 8.65. The van der Waals surface area contributed by atoms with Gasteiger partial charge in [0.05, 0.1) is 11.0 Å². The zero-order chi connectivity index (χ0) is 12.7. The third kappa shape index (κ3) is 1.70. The monoisotopic (exact) mass is 236 g/mol. The second kappa shape index (κ2) is 3.98. The summed E-state index contributed by atoms with van der Waals surface area (Å²) in [6.07, 6.45) is 0. The van der Waals surface area contributed by atoms with Crippen LogP contribution in [0, 0.1) is 20.8 Å². The molecule has 0 spiro atoms. The number of nitrogens with zero attached hydrogens (tertiary/aromatic N) is 1. The zero-order valence-corrected chi connectivity index (χ0v) is 10.9. The van der Waals surface area contributed by atoms with E-state index < -0.39 is 0 Å². The first-order valence-corrected chi connectivity index (χ1v) is 6.18. The van der Waals surface area contributed by atoms with Gasteiger partial charge in [0.1, 0.15) is 5.82 Å². The number of H-pyrrole nitrogens is 1. The molecule has 0 aliphatic rings. The molecule has 0 bridgehead atoms. The minimum atomic E-state index is 0.952. The van der Waals surface area contributed by atoms with Gasteiger partial charge < -0.3 is 4.98 Å². The lowest BCUT2D eigenvalue weighted by Gasteiger charge is -2.00. The van der Waals surface area contributed by atoms with E-state index in [9.17, 15) is 0 Å². The summed E-state index contributed by atoms with van der Waals surface area (Å²) in [6.45, 7) is 6.36. The maximum atomic E-state index is 4.69. The van der Waals surface area contributed by atoms with Crippen molar-refractivity contribution in [3.8, 4) is 11.4 Å². The Labute approximate surface area is 107 Å². The van der Waals surface area contributed by atoms with Gasteiger partial charge >= 0.3 is 0 Å². The minimum Gasteiger partial charge on any atom is -0.338 e. The van der Waals surface area contributed by atoms with Crippen molar-refractivity contribution in [1.29, 1.82) is 0 Å². The van der Waals surface area contributed by atoms with E-state index >= 15 is 0 Å². The predicted octanol–water partition coefficient (Wildman–Crippen LogP) is 4.16. The summed E-state index contributed by atoms with van der Waals surface area (Å²) in [5, 5.41) is 0. The summed E-state index contributed by atoms with van der Waals surface area (Å²) >= 11 is 0. The Bertz CT molecular complexity index is 684. The van der Waals surface area contributed by atoms with Crippen LogP contribution in [-0.4, -0.2) is 9.97 Å². The fourth-order valence-electron chi connectivity index (χ4n) is 2.24. The topological polar surface area (TPSA) is 28.7 Å². The van der Waals surface area contributed by atoms with Crippen LogP contribution in [-0.2, 0) is 0 Å². The minimum absolute atomic E-state index is 0.952. The number of benzene rings is 2. The Morgan fingerprint density at radius 1 is 0.889 bits per heavy atom. The van der Waals surface area contributed by atoms with Crippen LogP contribution in [0.4, 0.5) is 0 Å². The Balaban J connectivity index is 2.23. The molecule has 3 aromatic rings. The van der Waals surface area contributed by atoms with E-state index in [1.807, 2.05) is 6.07 Å². The van der Waals surface area contributed by atoms with E-state index in [-0.39, 0.29) is 0 Å². The van der Waals surface area contributed by atoms with Crippen LogP contribution >= 0.6 is 0 Å². The maximum Gasteiger partial charge on any atom is 0.138 e. The molecule has 1 heterocycles. The lowest BCUT2D eigenvalue weighted by molar-refractivity contribution is 1.31. The third-order valence-corrected chi connectivity index (χ3v) is 3.50. The molecule has 0 radical (unpaired) electrons. The average Bonchev–Trinajstić information content (AvgIpc) is 2.73. The Kier molecular flexibility index (Phi) is 2.44.